The molecule has 2 aromatic heterocycles. The summed E-state index contributed by atoms with van der Waals surface area (Å²) >= 11 is 1.73. The molecule has 1 amide bonds. The highest BCUT2D eigenvalue weighted by Gasteiger charge is 2.21. The van der Waals surface area contributed by atoms with E-state index in [1.807, 2.05) is 49.2 Å². The predicted octanol–water partition coefficient (Wildman–Crippen LogP) is 2.66. The van der Waals surface area contributed by atoms with Crippen LogP contribution in [0.2, 0.25) is 0 Å². The summed E-state index contributed by atoms with van der Waals surface area (Å²) in [6, 6.07) is 3.60. The molecule has 0 aromatic carbocycles. The number of carbonyl (C=O) groups excluding carboxylic acids is 1. The quantitative estimate of drug-likeness (QED) is 0.824. The Balaban J connectivity index is 2.07. The van der Waals surface area contributed by atoms with Crippen molar-refractivity contribution in [2.75, 3.05) is 17.3 Å². The molecule has 6 nitrogen and oxygen atoms in total. The molecular weight excluding hydrogens is 286 g/mol. The Hall–Kier alpha value is -1.76. The lowest BCUT2D eigenvalue weighted by Crippen LogP contribution is -2.26. The highest BCUT2D eigenvalue weighted by atomic mass is 32.2. The third-order valence-electron chi connectivity index (χ3n) is 3.17. The van der Waals surface area contributed by atoms with Gasteiger partial charge in [0.2, 0.25) is 11.9 Å². The first kappa shape index (κ1) is 15.6. The molecule has 2 N–H and O–H groups in total. The maximum absolute atomic E-state index is 12.5. The van der Waals surface area contributed by atoms with Crippen LogP contribution in [0.5, 0.6) is 0 Å². The number of hydrogen-bond acceptors (Lipinski definition) is 4. The van der Waals surface area contributed by atoms with Crippen molar-refractivity contribution in [3.05, 3.63) is 30.4 Å². The van der Waals surface area contributed by atoms with Crippen molar-refractivity contribution in [3.8, 4) is 0 Å². The summed E-state index contributed by atoms with van der Waals surface area (Å²) in [6.45, 7) is 4.04. The second kappa shape index (κ2) is 7.31. The van der Waals surface area contributed by atoms with Gasteiger partial charge in [0.15, 0.2) is 0 Å². The van der Waals surface area contributed by atoms with Crippen molar-refractivity contribution in [1.82, 2.24) is 19.7 Å². The molecule has 2 heterocycles. The smallest absolute Gasteiger partial charge is 0.249 e. The Bertz CT molecular complexity index is 564. The topological polar surface area (TPSA) is 75.6 Å². The molecule has 2 aromatic rings. The maximum atomic E-state index is 12.5. The molecule has 0 saturated carbocycles. The molecule has 0 radical (unpaired) electrons. The Kier molecular flexibility index (Phi) is 5.44. The van der Waals surface area contributed by atoms with Crippen LogP contribution < -0.4 is 5.32 Å². The zero-order chi connectivity index (χ0) is 15.2. The fourth-order valence-electron chi connectivity index (χ4n) is 1.98. The zero-order valence-electron chi connectivity index (χ0n) is 12.5. The SMILES string of the molecule is CSCC[C@@H](C(=O)Nc1n[nH]c(C(C)C)n1)n1cccc1. The number of rotatable bonds is 7. The maximum Gasteiger partial charge on any atom is 0.249 e. The Morgan fingerprint density at radius 2 is 2.14 bits per heavy atom. The van der Waals surface area contributed by atoms with E-state index in [-0.39, 0.29) is 17.9 Å². The van der Waals surface area contributed by atoms with Crippen LogP contribution in [0, 0.1) is 0 Å². The molecule has 0 bridgehead atoms. The van der Waals surface area contributed by atoms with Gasteiger partial charge in [-0.3, -0.25) is 15.2 Å². The molecule has 2 rings (SSSR count). The highest BCUT2D eigenvalue weighted by Crippen LogP contribution is 2.17. The van der Waals surface area contributed by atoms with Crippen LogP contribution in [0.15, 0.2) is 24.5 Å². The largest absolute Gasteiger partial charge is 0.342 e. The Morgan fingerprint density at radius 3 is 2.71 bits per heavy atom. The zero-order valence-corrected chi connectivity index (χ0v) is 13.4. The number of aromatic amines is 1. The number of thioether (sulfide) groups is 1. The summed E-state index contributed by atoms with van der Waals surface area (Å²) < 4.78 is 1.92. The van der Waals surface area contributed by atoms with E-state index >= 15 is 0 Å². The van der Waals surface area contributed by atoms with E-state index in [1.165, 1.54) is 0 Å². The number of H-pyrrole nitrogens is 1. The molecule has 0 unspecified atom stereocenters. The number of nitrogens with zero attached hydrogens (tertiary/aromatic N) is 3. The number of aromatic nitrogens is 4. The minimum Gasteiger partial charge on any atom is -0.342 e. The third kappa shape index (κ3) is 4.10. The summed E-state index contributed by atoms with van der Waals surface area (Å²) in [5.41, 5.74) is 0. The molecule has 1 atom stereocenters. The van der Waals surface area contributed by atoms with Crippen molar-refractivity contribution in [2.24, 2.45) is 0 Å². The lowest BCUT2D eigenvalue weighted by Gasteiger charge is -2.17. The van der Waals surface area contributed by atoms with Gasteiger partial charge >= 0.3 is 0 Å². The summed E-state index contributed by atoms with van der Waals surface area (Å²) in [5.74, 6) is 2.19. The summed E-state index contributed by atoms with van der Waals surface area (Å²) in [7, 11) is 0. The molecule has 0 spiro atoms. The lowest BCUT2D eigenvalue weighted by molar-refractivity contribution is -0.119. The van der Waals surface area contributed by atoms with Gasteiger partial charge in [-0.15, -0.1) is 5.10 Å². The van der Waals surface area contributed by atoms with Crippen LogP contribution in [0.25, 0.3) is 0 Å². The summed E-state index contributed by atoms with van der Waals surface area (Å²) in [4.78, 5) is 16.7. The van der Waals surface area contributed by atoms with E-state index in [2.05, 4.69) is 20.5 Å². The van der Waals surface area contributed by atoms with Crippen molar-refractivity contribution in [1.29, 1.82) is 0 Å². The molecular formula is C14H21N5OS. The summed E-state index contributed by atoms with van der Waals surface area (Å²) in [5, 5.41) is 9.67. The van der Waals surface area contributed by atoms with Crippen LogP contribution in [0.1, 0.15) is 38.1 Å². The molecule has 7 heteroatoms. The van der Waals surface area contributed by atoms with Gasteiger partial charge in [0.05, 0.1) is 0 Å². The van der Waals surface area contributed by atoms with E-state index in [1.54, 1.807) is 11.8 Å². The standard InChI is InChI=1S/C14H21N5OS/c1-10(2)12-15-14(18-17-12)16-13(20)11(6-9-21-3)19-7-4-5-8-19/h4-5,7-8,10-11H,6,9H2,1-3H3,(H2,15,16,17,18,20)/t11-/m0/s1. The van der Waals surface area contributed by atoms with Crippen molar-refractivity contribution in [3.63, 3.8) is 0 Å². The minimum atomic E-state index is -0.242. The predicted molar refractivity (Wildman–Crippen MR) is 85.6 cm³/mol. The van der Waals surface area contributed by atoms with E-state index in [9.17, 15) is 4.79 Å². The van der Waals surface area contributed by atoms with E-state index in [0.29, 0.717) is 5.95 Å². The minimum absolute atomic E-state index is 0.0884. The number of anilines is 1. The molecule has 0 aliphatic rings. The Morgan fingerprint density at radius 1 is 1.43 bits per heavy atom. The third-order valence-corrected chi connectivity index (χ3v) is 3.81. The number of amides is 1. The fraction of sp³-hybridized carbons (Fsp3) is 0.500. The van der Waals surface area contributed by atoms with Crippen LogP contribution in [-0.4, -0.2) is 37.7 Å². The average molecular weight is 307 g/mol. The number of hydrogen-bond donors (Lipinski definition) is 2. The van der Waals surface area contributed by atoms with E-state index in [4.69, 9.17) is 0 Å². The van der Waals surface area contributed by atoms with Gasteiger partial charge in [-0.05, 0) is 30.6 Å². The van der Waals surface area contributed by atoms with Gasteiger partial charge < -0.3 is 4.57 Å². The normalized spacial score (nSPS) is 12.6. The fourth-order valence-corrected chi connectivity index (χ4v) is 2.44. The molecule has 114 valence electrons. The Labute approximate surface area is 128 Å². The first-order valence-electron chi connectivity index (χ1n) is 6.96. The molecule has 0 aliphatic carbocycles. The molecule has 0 aliphatic heterocycles. The second-order valence-electron chi connectivity index (χ2n) is 5.12. The van der Waals surface area contributed by atoms with Gasteiger partial charge in [-0.25, -0.2) is 0 Å². The van der Waals surface area contributed by atoms with Gasteiger partial charge in [-0.2, -0.15) is 16.7 Å². The van der Waals surface area contributed by atoms with E-state index in [0.717, 1.165) is 18.0 Å². The van der Waals surface area contributed by atoms with Crippen LogP contribution in [0.3, 0.4) is 0 Å². The van der Waals surface area contributed by atoms with Crippen LogP contribution in [0.4, 0.5) is 5.95 Å². The van der Waals surface area contributed by atoms with Crippen molar-refractivity contribution < 1.29 is 4.79 Å². The van der Waals surface area contributed by atoms with Crippen LogP contribution in [-0.2, 0) is 4.79 Å². The second-order valence-corrected chi connectivity index (χ2v) is 6.10. The van der Waals surface area contributed by atoms with Gasteiger partial charge in [0, 0.05) is 18.3 Å². The lowest BCUT2D eigenvalue weighted by atomic mass is 10.2. The first-order chi connectivity index (χ1) is 10.1. The van der Waals surface area contributed by atoms with Gasteiger partial charge in [0.1, 0.15) is 11.9 Å². The number of carbonyl (C=O) groups is 1. The van der Waals surface area contributed by atoms with E-state index < -0.39 is 0 Å². The summed E-state index contributed by atoms with van der Waals surface area (Å²) in [6.07, 6.45) is 6.61. The van der Waals surface area contributed by atoms with Gasteiger partial charge in [0.25, 0.3) is 0 Å². The van der Waals surface area contributed by atoms with Crippen molar-refractivity contribution in [2.45, 2.75) is 32.2 Å². The molecule has 0 saturated heterocycles. The molecule has 0 fully saturated rings. The van der Waals surface area contributed by atoms with Crippen LogP contribution >= 0.6 is 11.8 Å². The van der Waals surface area contributed by atoms with Gasteiger partial charge in [-0.1, -0.05) is 13.8 Å². The molecule has 21 heavy (non-hydrogen) atoms. The van der Waals surface area contributed by atoms with Crippen molar-refractivity contribution >= 4 is 23.6 Å². The highest BCUT2D eigenvalue weighted by molar-refractivity contribution is 7.98. The average Bonchev–Trinajstić information content (AvgIpc) is 3.10. The monoisotopic (exact) mass is 307 g/mol. The first-order valence-corrected chi connectivity index (χ1v) is 8.35. The number of nitrogens with one attached hydrogen (secondary N) is 2.